The van der Waals surface area contributed by atoms with Crippen molar-refractivity contribution in [2.75, 3.05) is 13.1 Å². The summed E-state index contributed by atoms with van der Waals surface area (Å²) in [4.78, 5) is 11.2. The summed E-state index contributed by atoms with van der Waals surface area (Å²) in [5.74, 6) is -0.878. The Labute approximate surface area is 186 Å². The van der Waals surface area contributed by atoms with E-state index in [0.29, 0.717) is 30.3 Å². The van der Waals surface area contributed by atoms with Gasteiger partial charge in [-0.05, 0) is 65.2 Å². The van der Waals surface area contributed by atoms with E-state index in [2.05, 4.69) is 21.2 Å². The average molecular weight is 516 g/mol. The van der Waals surface area contributed by atoms with E-state index in [1.165, 1.54) is 10.4 Å². The lowest BCUT2D eigenvalue weighted by Crippen LogP contribution is -2.38. The Morgan fingerprint density at radius 3 is 2.45 bits per heavy atom. The predicted octanol–water partition coefficient (Wildman–Crippen LogP) is 5.08. The second-order valence-electron chi connectivity index (χ2n) is 7.85. The highest BCUT2D eigenvalue weighted by molar-refractivity contribution is 9.08. The van der Waals surface area contributed by atoms with Gasteiger partial charge in [0, 0.05) is 29.5 Å². The number of alkyl carbamates (subject to hydrolysis) is 1. The number of carbonyl (C=O) groups is 1. The highest BCUT2D eigenvalue weighted by Crippen LogP contribution is 2.28. The number of hydrogen-bond acceptors (Lipinski definition) is 4. The van der Waals surface area contributed by atoms with E-state index >= 15 is 0 Å². The van der Waals surface area contributed by atoms with Crippen LogP contribution in [0.1, 0.15) is 53.0 Å². The van der Waals surface area contributed by atoms with Gasteiger partial charge in [0.05, 0.1) is 0 Å². The van der Waals surface area contributed by atoms with E-state index in [9.17, 15) is 17.6 Å². The van der Waals surface area contributed by atoms with Crippen molar-refractivity contribution in [1.29, 1.82) is 0 Å². The molecule has 0 bridgehead atoms. The average Bonchev–Trinajstić information content (AvgIpc) is 2.55. The number of nitrogens with zero attached hydrogens (tertiary/aromatic N) is 1. The normalized spacial score (nSPS) is 12.5. The molecule has 0 heterocycles. The number of unbranched alkanes of at least 4 members (excludes halogenated alkanes) is 1. The van der Waals surface area contributed by atoms with Crippen molar-refractivity contribution in [1.82, 2.24) is 9.62 Å². The molecule has 1 N–H and O–H groups in total. The number of alkyl halides is 1. The maximum Gasteiger partial charge on any atom is 0.407 e. The van der Waals surface area contributed by atoms with Gasteiger partial charge in [-0.2, -0.15) is 4.31 Å². The molecule has 1 aromatic rings. The zero-order valence-corrected chi connectivity index (χ0v) is 20.5. The Morgan fingerprint density at radius 1 is 1.31 bits per heavy atom. The monoisotopic (exact) mass is 514 g/mol. The lowest BCUT2D eigenvalue weighted by molar-refractivity contribution is 0.0526. The molecule has 29 heavy (non-hydrogen) atoms. The largest absolute Gasteiger partial charge is 0.444 e. The van der Waals surface area contributed by atoms with E-state index < -0.39 is 32.4 Å². The van der Waals surface area contributed by atoms with Crippen LogP contribution in [-0.4, -0.2) is 43.5 Å². The zero-order valence-electron chi connectivity index (χ0n) is 17.4. The minimum atomic E-state index is -4.04. The third-order valence-electron chi connectivity index (χ3n) is 3.88. The molecule has 166 valence electrons. The summed E-state index contributed by atoms with van der Waals surface area (Å²) in [7, 11) is -4.04. The lowest BCUT2D eigenvalue weighted by atomic mass is 10.2. The first kappa shape index (κ1) is 26.1. The second kappa shape index (κ2) is 10.9. The first-order chi connectivity index (χ1) is 13.3. The summed E-state index contributed by atoms with van der Waals surface area (Å²) in [6.45, 7) is 9.33. The Balaban J connectivity index is 2.79. The molecular formula is C19H29BrClFN2O4S. The summed E-state index contributed by atoms with van der Waals surface area (Å²) in [6.07, 6.45) is 0.526. The van der Waals surface area contributed by atoms with E-state index in [-0.39, 0.29) is 17.6 Å². The van der Waals surface area contributed by atoms with Gasteiger partial charge in [0.2, 0.25) is 10.0 Å². The number of carbonyl (C=O) groups excluding carboxylic acids is 1. The fourth-order valence-corrected chi connectivity index (χ4v) is 5.17. The molecule has 0 aliphatic rings. The van der Waals surface area contributed by atoms with Crippen molar-refractivity contribution in [2.24, 2.45) is 0 Å². The van der Waals surface area contributed by atoms with Crippen LogP contribution >= 0.6 is 27.5 Å². The number of amides is 1. The van der Waals surface area contributed by atoms with Crippen LogP contribution in [0.2, 0.25) is 5.02 Å². The zero-order chi connectivity index (χ0) is 22.4. The lowest BCUT2D eigenvalue weighted by Gasteiger charge is -2.26. The van der Waals surface area contributed by atoms with E-state index in [1.54, 1.807) is 34.6 Å². The van der Waals surface area contributed by atoms with Crippen molar-refractivity contribution in [3.05, 3.63) is 28.5 Å². The number of rotatable bonds is 9. The van der Waals surface area contributed by atoms with Crippen LogP contribution in [0.25, 0.3) is 0 Å². The first-order valence-electron chi connectivity index (χ1n) is 9.32. The van der Waals surface area contributed by atoms with Crippen molar-refractivity contribution < 1.29 is 22.3 Å². The number of hydrogen-bond donors (Lipinski definition) is 1. The summed E-state index contributed by atoms with van der Waals surface area (Å²) >= 11 is 9.18. The third kappa shape index (κ3) is 8.03. The smallest absolute Gasteiger partial charge is 0.407 e. The molecule has 1 aromatic carbocycles. The quantitative estimate of drug-likeness (QED) is 0.368. The van der Waals surface area contributed by atoms with Crippen LogP contribution in [0, 0.1) is 5.82 Å². The van der Waals surface area contributed by atoms with Gasteiger partial charge in [-0.3, -0.25) is 0 Å². The van der Waals surface area contributed by atoms with Gasteiger partial charge >= 0.3 is 6.09 Å². The molecule has 6 nitrogen and oxygen atoms in total. The molecule has 0 atom stereocenters. The highest BCUT2D eigenvalue weighted by Gasteiger charge is 2.30. The van der Waals surface area contributed by atoms with E-state index in [1.807, 2.05) is 0 Å². The van der Waals surface area contributed by atoms with Gasteiger partial charge in [-0.1, -0.05) is 27.5 Å². The number of halogens is 3. The van der Waals surface area contributed by atoms with Crippen LogP contribution < -0.4 is 5.32 Å². The van der Waals surface area contributed by atoms with Crippen LogP contribution in [0.5, 0.6) is 0 Å². The first-order valence-corrected chi connectivity index (χ1v) is 12.3. The fourth-order valence-electron chi connectivity index (χ4n) is 2.55. The third-order valence-corrected chi connectivity index (χ3v) is 6.93. The number of benzene rings is 1. The van der Waals surface area contributed by atoms with Crippen LogP contribution in [0.4, 0.5) is 9.18 Å². The number of nitrogens with one attached hydrogen (secondary N) is 1. The molecule has 1 rings (SSSR count). The molecule has 0 aliphatic carbocycles. The second-order valence-corrected chi connectivity index (χ2v) is 10.7. The Morgan fingerprint density at radius 2 is 1.93 bits per heavy atom. The summed E-state index contributed by atoms with van der Waals surface area (Å²) in [5, 5.41) is 3.12. The van der Waals surface area contributed by atoms with E-state index in [0.717, 1.165) is 6.07 Å². The maximum absolute atomic E-state index is 14.4. The maximum atomic E-state index is 14.4. The van der Waals surface area contributed by atoms with Gasteiger partial charge in [0.25, 0.3) is 0 Å². The summed E-state index contributed by atoms with van der Waals surface area (Å²) < 4.78 is 46.9. The molecule has 0 aromatic heterocycles. The Kier molecular flexibility index (Phi) is 9.85. The minimum absolute atomic E-state index is 0.169. The molecule has 0 spiro atoms. The summed E-state index contributed by atoms with van der Waals surface area (Å²) in [6, 6.07) is 1.93. The van der Waals surface area contributed by atoms with Crippen molar-refractivity contribution in [2.45, 2.75) is 69.3 Å². The van der Waals surface area contributed by atoms with Crippen molar-refractivity contribution in [3.63, 3.8) is 0 Å². The molecule has 0 saturated heterocycles. The molecule has 10 heteroatoms. The van der Waals surface area contributed by atoms with Crippen LogP contribution in [0.3, 0.4) is 0 Å². The van der Waals surface area contributed by atoms with Crippen LogP contribution in [0.15, 0.2) is 17.0 Å². The molecule has 0 fully saturated rings. The number of ether oxygens (including phenoxy) is 1. The topological polar surface area (TPSA) is 75.7 Å². The highest BCUT2D eigenvalue weighted by atomic mass is 79.9. The van der Waals surface area contributed by atoms with Crippen LogP contribution in [-0.2, 0) is 20.1 Å². The van der Waals surface area contributed by atoms with Crippen molar-refractivity contribution in [3.8, 4) is 0 Å². The predicted molar refractivity (Wildman–Crippen MR) is 117 cm³/mol. The van der Waals surface area contributed by atoms with E-state index in [4.69, 9.17) is 16.3 Å². The van der Waals surface area contributed by atoms with Gasteiger partial charge in [0.15, 0.2) is 0 Å². The molecule has 1 amide bonds. The Bertz CT molecular complexity index is 813. The SMILES string of the molecule is CC(C)N(CCCCNC(=O)OC(C)(C)C)S(=O)(=O)c1cc(CBr)c(Cl)cc1F. The van der Waals surface area contributed by atoms with Gasteiger partial charge in [0.1, 0.15) is 16.3 Å². The van der Waals surface area contributed by atoms with Gasteiger partial charge < -0.3 is 10.1 Å². The molecular weight excluding hydrogens is 487 g/mol. The molecule has 0 unspecified atom stereocenters. The fraction of sp³-hybridized carbons (Fsp3) is 0.632. The molecule has 0 aliphatic heterocycles. The van der Waals surface area contributed by atoms with Gasteiger partial charge in [-0.25, -0.2) is 17.6 Å². The summed E-state index contributed by atoms with van der Waals surface area (Å²) in [5.41, 5.74) is -0.0830. The number of sulfonamides is 1. The van der Waals surface area contributed by atoms with Gasteiger partial charge in [-0.15, -0.1) is 0 Å². The molecule has 0 radical (unpaired) electrons. The Hall–Kier alpha value is -0.900. The minimum Gasteiger partial charge on any atom is -0.444 e. The standard InChI is InChI=1S/C19H29BrClFN2O4S/c1-13(2)24(9-7-6-8-23-18(25)28-19(3,4)5)29(26,27)17-10-14(12-20)15(21)11-16(17)22/h10-11,13H,6-9,12H2,1-5H3,(H,23,25). The molecule has 0 saturated carbocycles. The van der Waals surface area contributed by atoms with Crippen molar-refractivity contribution >= 4 is 43.6 Å².